The van der Waals surface area contributed by atoms with Crippen molar-refractivity contribution in [2.45, 2.75) is 0 Å². The molecule has 1 heterocycles. The number of anilines is 3. The van der Waals surface area contributed by atoms with E-state index in [-0.39, 0.29) is 0 Å². The summed E-state index contributed by atoms with van der Waals surface area (Å²) in [7, 11) is 0. The third-order valence-corrected chi connectivity index (χ3v) is 4.19. The van der Waals surface area contributed by atoms with E-state index in [9.17, 15) is 0 Å². The molecule has 0 saturated carbocycles. The molecule has 124 valence electrons. The third-order valence-electron chi connectivity index (χ3n) is 4.19. The summed E-state index contributed by atoms with van der Waals surface area (Å²) in [4.78, 5) is 2.22. The smallest absolute Gasteiger partial charge is 0.177 e. The van der Waals surface area contributed by atoms with Gasteiger partial charge in [0.2, 0.25) is 0 Å². The molecule has 0 saturated heterocycles. The predicted octanol–water partition coefficient (Wildman–Crippen LogP) is 6.40. The van der Waals surface area contributed by atoms with Gasteiger partial charge in [0.05, 0.1) is 0 Å². The second kappa shape index (κ2) is 7.04. The summed E-state index contributed by atoms with van der Waals surface area (Å²) in [6, 6.07) is 32.6. The lowest BCUT2D eigenvalue weighted by atomic mass is 10.1. The van der Waals surface area contributed by atoms with E-state index < -0.39 is 0 Å². The summed E-state index contributed by atoms with van der Waals surface area (Å²) in [5.74, 6) is 3.83. The lowest BCUT2D eigenvalue weighted by Gasteiger charge is -2.25. The predicted molar refractivity (Wildman–Crippen MR) is 107 cm³/mol. The zero-order chi connectivity index (χ0) is 17.8. The molecule has 2 heteroatoms. The van der Waals surface area contributed by atoms with Gasteiger partial charge in [-0.15, -0.1) is 6.42 Å². The van der Waals surface area contributed by atoms with Gasteiger partial charge in [-0.1, -0.05) is 36.4 Å². The van der Waals surface area contributed by atoms with Crippen LogP contribution in [0.3, 0.4) is 0 Å². The van der Waals surface area contributed by atoms with Crippen LogP contribution in [0.15, 0.2) is 101 Å². The number of rotatable bonds is 4. The zero-order valence-electron chi connectivity index (χ0n) is 14.2. The summed E-state index contributed by atoms with van der Waals surface area (Å²) < 4.78 is 5.64. The first-order valence-corrected chi connectivity index (χ1v) is 8.42. The highest BCUT2D eigenvalue weighted by molar-refractivity contribution is 5.77. The summed E-state index contributed by atoms with van der Waals surface area (Å²) in [5, 5.41) is 0. The lowest BCUT2D eigenvalue weighted by molar-refractivity contribution is 0.569. The molecule has 4 rings (SSSR count). The molecule has 0 amide bonds. The first-order valence-electron chi connectivity index (χ1n) is 8.42. The monoisotopic (exact) mass is 335 g/mol. The Labute approximate surface area is 153 Å². The molecule has 3 aromatic carbocycles. The van der Waals surface area contributed by atoms with Crippen LogP contribution in [0.1, 0.15) is 5.76 Å². The Bertz CT molecular complexity index is 986. The van der Waals surface area contributed by atoms with Crippen molar-refractivity contribution in [2.75, 3.05) is 4.90 Å². The Morgan fingerprint density at radius 3 is 1.65 bits per heavy atom. The number of hydrogen-bond acceptors (Lipinski definition) is 2. The van der Waals surface area contributed by atoms with E-state index in [1.807, 2.05) is 60.7 Å². The number of benzene rings is 3. The molecule has 0 aliphatic heterocycles. The van der Waals surface area contributed by atoms with Crippen molar-refractivity contribution < 1.29 is 4.42 Å². The Balaban J connectivity index is 1.74. The fourth-order valence-corrected chi connectivity index (χ4v) is 2.95. The molecule has 4 aromatic rings. The molecular weight excluding hydrogens is 318 g/mol. The molecule has 0 aliphatic carbocycles. The number of terminal acetylenes is 1. The standard InChI is InChI=1S/C24H17NO/c1-2-23-17-18-24(26-23)19-13-15-22(16-14-19)25(20-9-5-3-6-10-20)21-11-7-4-8-12-21/h1,3-18H. The zero-order valence-corrected chi connectivity index (χ0v) is 14.2. The van der Waals surface area contributed by atoms with Gasteiger partial charge in [-0.25, -0.2) is 0 Å². The minimum atomic E-state index is 0.541. The van der Waals surface area contributed by atoms with Crippen molar-refractivity contribution in [3.8, 4) is 23.7 Å². The maximum atomic E-state index is 5.64. The Morgan fingerprint density at radius 1 is 0.615 bits per heavy atom. The van der Waals surface area contributed by atoms with E-state index in [1.165, 1.54) is 0 Å². The molecule has 0 unspecified atom stereocenters. The Morgan fingerprint density at radius 2 is 1.15 bits per heavy atom. The molecule has 0 atom stereocenters. The average Bonchev–Trinajstić information content (AvgIpc) is 3.20. The third kappa shape index (κ3) is 3.11. The van der Waals surface area contributed by atoms with E-state index in [0.717, 1.165) is 28.4 Å². The van der Waals surface area contributed by atoms with Crippen LogP contribution in [0.25, 0.3) is 11.3 Å². The molecule has 2 nitrogen and oxygen atoms in total. The van der Waals surface area contributed by atoms with Crippen LogP contribution in [0, 0.1) is 12.3 Å². The van der Waals surface area contributed by atoms with Crippen LogP contribution in [0.5, 0.6) is 0 Å². The van der Waals surface area contributed by atoms with Gasteiger partial charge < -0.3 is 9.32 Å². The molecule has 0 bridgehead atoms. The van der Waals surface area contributed by atoms with Crippen molar-refractivity contribution >= 4 is 17.1 Å². The molecule has 1 aromatic heterocycles. The second-order valence-electron chi connectivity index (χ2n) is 5.86. The molecule has 0 spiro atoms. The molecule has 0 aliphatic rings. The maximum absolute atomic E-state index is 5.64. The lowest BCUT2D eigenvalue weighted by Crippen LogP contribution is -2.09. The molecule has 0 fully saturated rings. The number of nitrogens with zero attached hydrogens (tertiary/aromatic N) is 1. The minimum absolute atomic E-state index is 0.541. The fraction of sp³-hybridized carbons (Fsp3) is 0. The highest BCUT2D eigenvalue weighted by Gasteiger charge is 2.12. The van der Waals surface area contributed by atoms with E-state index >= 15 is 0 Å². The normalized spacial score (nSPS) is 10.3. The SMILES string of the molecule is C#Cc1ccc(-c2ccc(N(c3ccccc3)c3ccccc3)cc2)o1. The van der Waals surface area contributed by atoms with Crippen molar-refractivity contribution in [3.63, 3.8) is 0 Å². The number of para-hydroxylation sites is 2. The number of furan rings is 1. The fourth-order valence-electron chi connectivity index (χ4n) is 2.95. The average molecular weight is 335 g/mol. The maximum Gasteiger partial charge on any atom is 0.177 e. The number of hydrogen-bond donors (Lipinski definition) is 0. The van der Waals surface area contributed by atoms with Crippen LogP contribution in [0.2, 0.25) is 0 Å². The van der Waals surface area contributed by atoms with E-state index in [4.69, 9.17) is 10.8 Å². The van der Waals surface area contributed by atoms with Crippen molar-refractivity contribution in [3.05, 3.63) is 103 Å². The first kappa shape index (κ1) is 15.8. The van der Waals surface area contributed by atoms with Crippen molar-refractivity contribution in [2.24, 2.45) is 0 Å². The van der Waals surface area contributed by atoms with Gasteiger partial charge in [0, 0.05) is 22.6 Å². The second-order valence-corrected chi connectivity index (χ2v) is 5.86. The van der Waals surface area contributed by atoms with Crippen molar-refractivity contribution in [1.29, 1.82) is 0 Å². The first-order chi connectivity index (χ1) is 12.8. The van der Waals surface area contributed by atoms with Gasteiger partial charge in [-0.2, -0.15) is 0 Å². The van der Waals surface area contributed by atoms with Crippen molar-refractivity contribution in [1.82, 2.24) is 0 Å². The van der Waals surface area contributed by atoms with Gasteiger partial charge in [-0.05, 0) is 66.6 Å². The van der Waals surface area contributed by atoms with Gasteiger partial charge in [0.25, 0.3) is 0 Å². The quantitative estimate of drug-likeness (QED) is 0.401. The van der Waals surface area contributed by atoms with Crippen LogP contribution >= 0.6 is 0 Å². The Hall–Kier alpha value is -3.70. The molecular formula is C24H17NO. The van der Waals surface area contributed by atoms with Crippen LogP contribution in [0.4, 0.5) is 17.1 Å². The topological polar surface area (TPSA) is 16.4 Å². The van der Waals surface area contributed by atoms with Crippen LogP contribution in [-0.2, 0) is 0 Å². The molecule has 0 N–H and O–H groups in total. The largest absolute Gasteiger partial charge is 0.448 e. The summed E-state index contributed by atoms with van der Waals surface area (Å²) in [6.45, 7) is 0. The van der Waals surface area contributed by atoms with Gasteiger partial charge in [0.1, 0.15) is 5.76 Å². The van der Waals surface area contributed by atoms with Gasteiger partial charge >= 0.3 is 0 Å². The van der Waals surface area contributed by atoms with E-state index in [0.29, 0.717) is 5.76 Å². The summed E-state index contributed by atoms with van der Waals surface area (Å²) in [6.07, 6.45) is 5.38. The van der Waals surface area contributed by atoms with E-state index in [1.54, 1.807) is 0 Å². The molecule has 0 radical (unpaired) electrons. The summed E-state index contributed by atoms with van der Waals surface area (Å²) >= 11 is 0. The summed E-state index contributed by atoms with van der Waals surface area (Å²) in [5.41, 5.74) is 4.30. The van der Waals surface area contributed by atoms with Crippen LogP contribution in [-0.4, -0.2) is 0 Å². The van der Waals surface area contributed by atoms with Crippen LogP contribution < -0.4 is 4.90 Å². The molecule has 26 heavy (non-hydrogen) atoms. The Kier molecular flexibility index (Phi) is 4.28. The van der Waals surface area contributed by atoms with Gasteiger partial charge in [0.15, 0.2) is 5.76 Å². The minimum Gasteiger partial charge on any atom is -0.448 e. The highest BCUT2D eigenvalue weighted by Crippen LogP contribution is 2.35. The van der Waals surface area contributed by atoms with Gasteiger partial charge in [-0.3, -0.25) is 0 Å². The van der Waals surface area contributed by atoms with E-state index in [2.05, 4.69) is 47.2 Å². The highest BCUT2D eigenvalue weighted by atomic mass is 16.3.